The highest BCUT2D eigenvalue weighted by Crippen LogP contribution is 2.20. The van der Waals surface area contributed by atoms with E-state index in [1.807, 2.05) is 18.2 Å². The van der Waals surface area contributed by atoms with Crippen LogP contribution in [-0.4, -0.2) is 4.98 Å². The van der Waals surface area contributed by atoms with Crippen molar-refractivity contribution in [1.82, 2.24) is 4.98 Å². The Morgan fingerprint density at radius 2 is 2.55 bits per heavy atom. The number of fused-ring (bicyclic) bond motifs is 1. The van der Waals surface area contributed by atoms with E-state index in [2.05, 4.69) is 18.0 Å². The summed E-state index contributed by atoms with van der Waals surface area (Å²) < 4.78 is 1.17. The van der Waals surface area contributed by atoms with Gasteiger partial charge in [0.2, 0.25) is 0 Å². The topological polar surface area (TPSA) is 12.9 Å². The lowest BCUT2D eigenvalue weighted by atomic mass is 10.3. The molecule has 1 aromatic carbocycles. The summed E-state index contributed by atoms with van der Waals surface area (Å²) in [5, 5.41) is 1.20. The molecule has 1 aromatic heterocycles. The van der Waals surface area contributed by atoms with Gasteiger partial charge in [-0.15, -0.1) is 11.3 Å². The van der Waals surface area contributed by atoms with E-state index in [4.69, 9.17) is 0 Å². The first-order chi connectivity index (χ1) is 5.40. The first-order valence-corrected chi connectivity index (χ1v) is 4.48. The minimum Gasteiger partial charge on any atom is -0.241 e. The van der Waals surface area contributed by atoms with Crippen LogP contribution in [0.1, 0.15) is 11.9 Å². The van der Waals surface area contributed by atoms with Gasteiger partial charge in [-0.1, -0.05) is 19.1 Å². The summed E-state index contributed by atoms with van der Waals surface area (Å²) >= 11 is 1.73. The van der Waals surface area contributed by atoms with Crippen molar-refractivity contribution >= 4 is 21.6 Å². The standard InChI is InChI=1S/C9H8NS/c1-2-9-10-7-5-3-4-6-8(7)11-9/h3-5H,2H2,1H3. The number of nitrogens with zero attached hydrogens (tertiary/aromatic N) is 1. The third-order valence-corrected chi connectivity index (χ3v) is 2.71. The zero-order valence-corrected chi connectivity index (χ0v) is 7.11. The molecule has 1 radical (unpaired) electrons. The van der Waals surface area contributed by atoms with Crippen LogP contribution in [0.25, 0.3) is 10.2 Å². The van der Waals surface area contributed by atoms with E-state index in [1.165, 1.54) is 9.71 Å². The van der Waals surface area contributed by atoms with E-state index in [9.17, 15) is 0 Å². The molecule has 0 atom stereocenters. The number of rotatable bonds is 1. The van der Waals surface area contributed by atoms with Crippen LogP contribution in [-0.2, 0) is 6.42 Å². The van der Waals surface area contributed by atoms with Crippen LogP contribution in [0.2, 0.25) is 0 Å². The molecular weight excluding hydrogens is 154 g/mol. The van der Waals surface area contributed by atoms with Gasteiger partial charge in [-0.05, 0) is 12.5 Å². The molecule has 2 heteroatoms. The van der Waals surface area contributed by atoms with Crippen LogP contribution in [0.3, 0.4) is 0 Å². The summed E-state index contributed by atoms with van der Waals surface area (Å²) in [7, 11) is 0. The summed E-state index contributed by atoms with van der Waals surface area (Å²) in [6.45, 7) is 2.12. The first-order valence-electron chi connectivity index (χ1n) is 3.66. The molecule has 0 aliphatic rings. The van der Waals surface area contributed by atoms with Gasteiger partial charge < -0.3 is 0 Å². The van der Waals surface area contributed by atoms with Gasteiger partial charge in [-0.25, -0.2) is 4.98 Å². The predicted octanol–water partition coefficient (Wildman–Crippen LogP) is 2.66. The maximum absolute atomic E-state index is 4.42. The highest BCUT2D eigenvalue weighted by atomic mass is 32.1. The minimum atomic E-state index is 1.02. The molecule has 2 rings (SSSR count). The van der Waals surface area contributed by atoms with Crippen LogP contribution < -0.4 is 0 Å². The minimum absolute atomic E-state index is 1.02. The molecule has 0 saturated carbocycles. The number of benzene rings is 1. The molecule has 1 heterocycles. The summed E-state index contributed by atoms with van der Waals surface area (Å²) in [6, 6.07) is 9.09. The second kappa shape index (κ2) is 2.62. The van der Waals surface area contributed by atoms with Crippen molar-refractivity contribution in [1.29, 1.82) is 0 Å². The fourth-order valence-corrected chi connectivity index (χ4v) is 1.88. The van der Waals surface area contributed by atoms with Gasteiger partial charge in [0.1, 0.15) is 0 Å². The zero-order valence-electron chi connectivity index (χ0n) is 6.29. The quantitative estimate of drug-likeness (QED) is 0.628. The highest BCUT2D eigenvalue weighted by Gasteiger charge is 1.99. The summed E-state index contributed by atoms with van der Waals surface area (Å²) in [6.07, 6.45) is 1.02. The van der Waals surface area contributed by atoms with Crippen LogP contribution in [0.4, 0.5) is 0 Å². The van der Waals surface area contributed by atoms with Gasteiger partial charge in [0.05, 0.1) is 15.2 Å². The van der Waals surface area contributed by atoms with Crippen molar-refractivity contribution in [2.24, 2.45) is 0 Å². The van der Waals surface area contributed by atoms with Gasteiger partial charge in [0.15, 0.2) is 0 Å². The molecule has 0 unspecified atom stereocenters. The molecule has 0 aliphatic heterocycles. The van der Waals surface area contributed by atoms with Crippen molar-refractivity contribution in [3.05, 3.63) is 29.3 Å². The van der Waals surface area contributed by atoms with E-state index in [-0.39, 0.29) is 0 Å². The monoisotopic (exact) mass is 162 g/mol. The Hall–Kier alpha value is -0.890. The summed E-state index contributed by atoms with van der Waals surface area (Å²) in [5.74, 6) is 0. The SMILES string of the molecule is CCc1nc2ccc[c]c2s1. The average molecular weight is 162 g/mol. The summed E-state index contributed by atoms with van der Waals surface area (Å²) in [4.78, 5) is 4.42. The molecule has 0 spiro atoms. The molecular formula is C9H8NS. The molecule has 0 N–H and O–H groups in total. The predicted molar refractivity (Wildman–Crippen MR) is 47.8 cm³/mol. The fraction of sp³-hybridized carbons (Fsp3) is 0.222. The summed E-state index contributed by atoms with van der Waals surface area (Å²) in [5.41, 5.74) is 1.08. The van der Waals surface area contributed by atoms with Crippen LogP contribution >= 0.6 is 11.3 Å². The van der Waals surface area contributed by atoms with Gasteiger partial charge >= 0.3 is 0 Å². The van der Waals surface area contributed by atoms with Crippen molar-refractivity contribution < 1.29 is 0 Å². The van der Waals surface area contributed by atoms with E-state index < -0.39 is 0 Å². The number of aryl methyl sites for hydroxylation is 1. The lowest BCUT2D eigenvalue weighted by Crippen LogP contribution is -1.73. The molecule has 2 aromatic rings. The van der Waals surface area contributed by atoms with Gasteiger partial charge in [-0.2, -0.15) is 0 Å². The van der Waals surface area contributed by atoms with Crippen molar-refractivity contribution in [2.45, 2.75) is 13.3 Å². The van der Waals surface area contributed by atoms with Crippen LogP contribution in [0.5, 0.6) is 0 Å². The molecule has 0 fully saturated rings. The molecule has 0 saturated heterocycles. The van der Waals surface area contributed by atoms with Crippen LogP contribution in [0.15, 0.2) is 18.2 Å². The van der Waals surface area contributed by atoms with Gasteiger partial charge in [0.25, 0.3) is 0 Å². The second-order valence-corrected chi connectivity index (χ2v) is 3.43. The molecule has 0 aliphatic carbocycles. The van der Waals surface area contributed by atoms with Crippen molar-refractivity contribution in [3.63, 3.8) is 0 Å². The third-order valence-electron chi connectivity index (χ3n) is 1.56. The van der Waals surface area contributed by atoms with E-state index in [1.54, 1.807) is 11.3 Å². The Bertz CT molecular complexity index is 331. The first kappa shape index (κ1) is 6.80. The number of aromatic nitrogens is 1. The molecule has 0 bridgehead atoms. The molecule has 0 amide bonds. The maximum atomic E-state index is 4.42. The lowest BCUT2D eigenvalue weighted by Gasteiger charge is -1.80. The Labute approximate surface area is 69.7 Å². The van der Waals surface area contributed by atoms with Gasteiger partial charge in [-0.3, -0.25) is 0 Å². The van der Waals surface area contributed by atoms with E-state index in [0.29, 0.717) is 0 Å². The van der Waals surface area contributed by atoms with Crippen LogP contribution in [0, 0.1) is 6.07 Å². The smallest absolute Gasteiger partial charge is 0.0936 e. The largest absolute Gasteiger partial charge is 0.241 e. The maximum Gasteiger partial charge on any atom is 0.0936 e. The highest BCUT2D eigenvalue weighted by molar-refractivity contribution is 7.18. The fourth-order valence-electron chi connectivity index (χ4n) is 1.01. The number of hydrogen-bond acceptors (Lipinski definition) is 2. The number of thiazole rings is 1. The Morgan fingerprint density at radius 1 is 1.64 bits per heavy atom. The van der Waals surface area contributed by atoms with E-state index >= 15 is 0 Å². The van der Waals surface area contributed by atoms with E-state index in [0.717, 1.165) is 11.9 Å². The Morgan fingerprint density at radius 3 is 3.27 bits per heavy atom. The molecule has 11 heavy (non-hydrogen) atoms. The number of hydrogen-bond donors (Lipinski definition) is 0. The second-order valence-electron chi connectivity index (χ2n) is 2.35. The normalized spacial score (nSPS) is 10.6. The van der Waals surface area contributed by atoms with Crippen molar-refractivity contribution in [2.75, 3.05) is 0 Å². The van der Waals surface area contributed by atoms with Crippen molar-refractivity contribution in [3.8, 4) is 0 Å². The molecule has 1 nitrogen and oxygen atoms in total. The van der Waals surface area contributed by atoms with Gasteiger partial charge in [0, 0.05) is 6.07 Å². The lowest BCUT2D eigenvalue weighted by molar-refractivity contribution is 1.11. The Kier molecular flexibility index (Phi) is 1.62. The third kappa shape index (κ3) is 1.14. The Balaban J connectivity index is 2.69. The average Bonchev–Trinajstić information content (AvgIpc) is 2.46. The molecule has 55 valence electrons. The zero-order chi connectivity index (χ0) is 7.68.